The molecular weight excluding hydrogens is 278 g/mol. The number of hydrogen-bond acceptors (Lipinski definition) is 5. The molecule has 1 fully saturated rings. The van der Waals surface area contributed by atoms with Gasteiger partial charge in [0.25, 0.3) is 0 Å². The maximum absolute atomic E-state index is 9.74. The smallest absolute Gasteiger partial charge is 0.225 e. The lowest BCUT2D eigenvalue weighted by Crippen LogP contribution is -2.39. The molecule has 2 aromatic rings. The van der Waals surface area contributed by atoms with Crippen LogP contribution < -0.4 is 4.90 Å². The van der Waals surface area contributed by atoms with Crippen LogP contribution in [0.5, 0.6) is 0 Å². The Balaban J connectivity index is 1.82. The molecule has 5 nitrogen and oxygen atoms in total. The van der Waals surface area contributed by atoms with E-state index in [1.807, 2.05) is 42.4 Å². The molecule has 3 rings (SSSR count). The van der Waals surface area contributed by atoms with Gasteiger partial charge >= 0.3 is 0 Å². The molecule has 1 unspecified atom stereocenters. The largest absolute Gasteiger partial charge is 0.392 e. The molecule has 1 aliphatic heterocycles. The third-order valence-electron chi connectivity index (χ3n) is 4.10. The molecule has 0 aliphatic carbocycles. The Morgan fingerprint density at radius 1 is 1.27 bits per heavy atom. The van der Waals surface area contributed by atoms with Crippen LogP contribution in [0.15, 0.2) is 30.6 Å². The maximum atomic E-state index is 9.74. The van der Waals surface area contributed by atoms with Crippen LogP contribution in [0.2, 0.25) is 0 Å². The van der Waals surface area contributed by atoms with Gasteiger partial charge in [0.15, 0.2) is 0 Å². The van der Waals surface area contributed by atoms with E-state index in [4.69, 9.17) is 0 Å². The third-order valence-corrected chi connectivity index (χ3v) is 4.10. The number of hydrogen-bond donors (Lipinski definition) is 2. The molecule has 2 heterocycles. The number of anilines is 1. The van der Waals surface area contributed by atoms with Crippen LogP contribution >= 0.6 is 0 Å². The summed E-state index contributed by atoms with van der Waals surface area (Å²) in [5, 5.41) is 18.9. The van der Waals surface area contributed by atoms with Crippen molar-refractivity contribution in [3.63, 3.8) is 0 Å². The molecular formula is C17H21N3O2. The number of piperidine rings is 1. The minimum absolute atomic E-state index is 0.0494. The van der Waals surface area contributed by atoms with Crippen molar-refractivity contribution in [2.75, 3.05) is 18.0 Å². The molecule has 1 saturated heterocycles. The number of rotatable bonds is 3. The van der Waals surface area contributed by atoms with E-state index in [1.54, 1.807) is 0 Å². The summed E-state index contributed by atoms with van der Waals surface area (Å²) in [6.07, 6.45) is 5.18. The van der Waals surface area contributed by atoms with E-state index in [9.17, 15) is 10.2 Å². The molecule has 1 aromatic carbocycles. The summed E-state index contributed by atoms with van der Waals surface area (Å²) in [5.74, 6) is 0.673. The van der Waals surface area contributed by atoms with Crippen molar-refractivity contribution >= 4 is 5.95 Å². The second kappa shape index (κ2) is 6.42. The lowest BCUT2D eigenvalue weighted by atomic mass is 10.0. The number of aliphatic hydroxyl groups excluding tert-OH is 2. The molecule has 5 heteroatoms. The Hall–Kier alpha value is -1.98. The van der Waals surface area contributed by atoms with E-state index in [1.165, 1.54) is 0 Å². The first-order valence-corrected chi connectivity index (χ1v) is 7.63. The summed E-state index contributed by atoms with van der Waals surface area (Å²) in [4.78, 5) is 10.9. The van der Waals surface area contributed by atoms with E-state index in [0.717, 1.165) is 41.6 Å². The molecule has 0 spiro atoms. The summed E-state index contributed by atoms with van der Waals surface area (Å²) in [7, 11) is 0. The van der Waals surface area contributed by atoms with Crippen LogP contribution in [0.1, 0.15) is 24.0 Å². The number of benzene rings is 1. The van der Waals surface area contributed by atoms with Gasteiger partial charge in [0.1, 0.15) is 0 Å². The number of aliphatic hydroxyl groups is 2. The van der Waals surface area contributed by atoms with Crippen molar-refractivity contribution in [1.29, 1.82) is 0 Å². The average molecular weight is 299 g/mol. The maximum Gasteiger partial charge on any atom is 0.225 e. The fraction of sp³-hybridized carbons (Fsp3) is 0.412. The second-order valence-electron chi connectivity index (χ2n) is 5.82. The first-order chi connectivity index (χ1) is 10.7. The molecule has 22 heavy (non-hydrogen) atoms. The van der Waals surface area contributed by atoms with E-state index >= 15 is 0 Å². The van der Waals surface area contributed by atoms with Crippen molar-refractivity contribution in [1.82, 2.24) is 9.97 Å². The topological polar surface area (TPSA) is 69.5 Å². The van der Waals surface area contributed by atoms with Gasteiger partial charge in [-0.2, -0.15) is 0 Å². The Labute approximate surface area is 130 Å². The van der Waals surface area contributed by atoms with Gasteiger partial charge < -0.3 is 15.1 Å². The van der Waals surface area contributed by atoms with E-state index in [-0.39, 0.29) is 12.7 Å². The summed E-state index contributed by atoms with van der Waals surface area (Å²) in [6.45, 7) is 3.56. The highest BCUT2D eigenvalue weighted by molar-refractivity contribution is 5.66. The molecule has 1 aliphatic rings. The summed E-state index contributed by atoms with van der Waals surface area (Å²) in [5.41, 5.74) is 4.03. The number of aryl methyl sites for hydroxylation is 1. The first kappa shape index (κ1) is 14.9. The Morgan fingerprint density at radius 3 is 2.68 bits per heavy atom. The quantitative estimate of drug-likeness (QED) is 0.906. The SMILES string of the molecule is Cc1cc(CO)ccc1-c1cnc(N2CCCC(O)C2)nc1. The third kappa shape index (κ3) is 3.10. The Bertz CT molecular complexity index is 643. The van der Waals surface area contributed by atoms with Gasteiger partial charge in [0.2, 0.25) is 5.95 Å². The lowest BCUT2D eigenvalue weighted by Gasteiger charge is -2.29. The molecule has 0 amide bonds. The standard InChI is InChI=1S/C17H21N3O2/c1-12-7-13(11-21)4-5-16(12)14-8-18-17(19-9-14)20-6-2-3-15(22)10-20/h4-5,7-9,15,21-22H,2-3,6,10-11H2,1H3. The van der Waals surface area contributed by atoms with E-state index < -0.39 is 0 Å². The molecule has 0 bridgehead atoms. The molecule has 116 valence electrons. The summed E-state index contributed by atoms with van der Waals surface area (Å²) < 4.78 is 0. The van der Waals surface area contributed by atoms with Gasteiger partial charge in [0.05, 0.1) is 12.7 Å². The van der Waals surface area contributed by atoms with Crippen LogP contribution in [0, 0.1) is 6.92 Å². The van der Waals surface area contributed by atoms with Crippen molar-refractivity contribution in [2.45, 2.75) is 32.5 Å². The normalized spacial score (nSPS) is 18.5. The van der Waals surface area contributed by atoms with E-state index in [2.05, 4.69) is 9.97 Å². The van der Waals surface area contributed by atoms with Gasteiger partial charge in [0, 0.05) is 31.0 Å². The molecule has 0 saturated carbocycles. The number of aromatic nitrogens is 2. The number of nitrogens with zero attached hydrogens (tertiary/aromatic N) is 3. The zero-order valence-electron chi connectivity index (χ0n) is 12.7. The zero-order chi connectivity index (χ0) is 15.5. The van der Waals surface area contributed by atoms with Gasteiger partial charge in [-0.15, -0.1) is 0 Å². The second-order valence-corrected chi connectivity index (χ2v) is 5.82. The zero-order valence-corrected chi connectivity index (χ0v) is 12.7. The van der Waals surface area contributed by atoms with Crippen molar-refractivity contribution in [3.05, 3.63) is 41.7 Å². The fourth-order valence-electron chi connectivity index (χ4n) is 2.91. The first-order valence-electron chi connectivity index (χ1n) is 7.63. The summed E-state index contributed by atoms with van der Waals surface area (Å²) >= 11 is 0. The van der Waals surface area contributed by atoms with E-state index in [0.29, 0.717) is 12.5 Å². The monoisotopic (exact) mass is 299 g/mol. The highest BCUT2D eigenvalue weighted by Crippen LogP contribution is 2.24. The van der Waals surface area contributed by atoms with Crippen LogP contribution in [-0.4, -0.2) is 39.4 Å². The Morgan fingerprint density at radius 2 is 2.05 bits per heavy atom. The van der Waals surface area contributed by atoms with Crippen LogP contribution in [0.3, 0.4) is 0 Å². The minimum Gasteiger partial charge on any atom is -0.392 e. The van der Waals surface area contributed by atoms with Crippen LogP contribution in [0.25, 0.3) is 11.1 Å². The predicted octanol–water partition coefficient (Wildman–Crippen LogP) is 1.91. The lowest BCUT2D eigenvalue weighted by molar-refractivity contribution is 0.153. The summed E-state index contributed by atoms with van der Waals surface area (Å²) in [6, 6.07) is 5.88. The van der Waals surface area contributed by atoms with Crippen LogP contribution in [0.4, 0.5) is 5.95 Å². The predicted molar refractivity (Wildman–Crippen MR) is 85.6 cm³/mol. The highest BCUT2D eigenvalue weighted by Gasteiger charge is 2.19. The average Bonchev–Trinajstić information content (AvgIpc) is 2.55. The molecule has 1 aromatic heterocycles. The minimum atomic E-state index is -0.287. The van der Waals surface area contributed by atoms with Crippen LogP contribution in [-0.2, 0) is 6.61 Å². The number of β-amino-alcohol motifs (C(OH)–C–C–N with tert-alkyl or cyclic N) is 1. The molecule has 2 N–H and O–H groups in total. The Kier molecular flexibility index (Phi) is 4.36. The molecule has 1 atom stereocenters. The van der Waals surface area contributed by atoms with Gasteiger partial charge in [-0.3, -0.25) is 0 Å². The highest BCUT2D eigenvalue weighted by atomic mass is 16.3. The van der Waals surface area contributed by atoms with Gasteiger partial charge in [-0.05, 0) is 36.5 Å². The van der Waals surface area contributed by atoms with Crippen molar-refractivity contribution in [3.8, 4) is 11.1 Å². The van der Waals surface area contributed by atoms with Crippen molar-refractivity contribution in [2.24, 2.45) is 0 Å². The van der Waals surface area contributed by atoms with Crippen molar-refractivity contribution < 1.29 is 10.2 Å². The van der Waals surface area contributed by atoms with Gasteiger partial charge in [-0.1, -0.05) is 18.2 Å². The van der Waals surface area contributed by atoms with Gasteiger partial charge in [-0.25, -0.2) is 9.97 Å². The fourth-order valence-corrected chi connectivity index (χ4v) is 2.91. The molecule has 0 radical (unpaired) electrons.